The number of nitrogens with zero attached hydrogens (tertiary/aromatic N) is 1. The number of carbonyl (C=O) groups excluding carboxylic acids is 1. The maximum Gasteiger partial charge on any atom is 0.333 e. The molecule has 0 bridgehead atoms. The van der Waals surface area contributed by atoms with Crippen molar-refractivity contribution in [2.24, 2.45) is 0 Å². The van der Waals surface area contributed by atoms with Gasteiger partial charge in [0.15, 0.2) is 0 Å². The fourth-order valence-corrected chi connectivity index (χ4v) is 1.25. The second-order valence-electron chi connectivity index (χ2n) is 4.22. The third-order valence-corrected chi connectivity index (χ3v) is 3.41. The highest BCUT2D eigenvalue weighted by Crippen LogP contribution is 2.17. The molecule has 0 rings (SSSR count). The van der Waals surface area contributed by atoms with E-state index in [1.54, 1.807) is 6.92 Å². The van der Waals surface area contributed by atoms with Gasteiger partial charge in [-0.1, -0.05) is 6.58 Å². The minimum Gasteiger partial charge on any atom is -0.462 e. The smallest absolute Gasteiger partial charge is 0.333 e. The monoisotopic (exact) mass is 341 g/mol. The summed E-state index contributed by atoms with van der Waals surface area (Å²) in [6, 6.07) is 0. The molecule has 0 aromatic carbocycles. The lowest BCUT2D eigenvalue weighted by Crippen LogP contribution is -2.42. The van der Waals surface area contributed by atoms with Crippen molar-refractivity contribution < 1.29 is 12.6 Å². The van der Waals surface area contributed by atoms with Crippen LogP contribution in [0.15, 0.2) is 12.2 Å². The number of hydrogen-bond acceptors (Lipinski definition) is 4. The third kappa shape index (κ3) is 5.81. The standard InChI is InChI=1S/C11H20INO3/c1-9(2)10(14)15-8-6-7-13(5)11(3,4)16-12/h1,6-8H2,2-5H3. The van der Waals surface area contributed by atoms with E-state index in [2.05, 4.69) is 11.5 Å². The van der Waals surface area contributed by atoms with Crippen molar-refractivity contribution in [3.63, 3.8) is 0 Å². The Labute approximate surface area is 112 Å². The van der Waals surface area contributed by atoms with E-state index >= 15 is 0 Å². The molecule has 0 aliphatic heterocycles. The molecule has 0 radical (unpaired) electrons. The largest absolute Gasteiger partial charge is 0.462 e. The highest BCUT2D eigenvalue weighted by molar-refractivity contribution is 14.1. The Hall–Kier alpha value is -0.140. The van der Waals surface area contributed by atoms with E-state index < -0.39 is 0 Å². The molecule has 0 spiro atoms. The second kappa shape index (κ2) is 7.24. The molecule has 0 unspecified atom stereocenters. The van der Waals surface area contributed by atoms with Gasteiger partial charge in [0, 0.05) is 12.1 Å². The van der Waals surface area contributed by atoms with Crippen LogP contribution in [0.3, 0.4) is 0 Å². The zero-order chi connectivity index (χ0) is 12.8. The van der Waals surface area contributed by atoms with E-state index in [-0.39, 0.29) is 11.7 Å². The van der Waals surface area contributed by atoms with Gasteiger partial charge in [0.1, 0.15) is 28.7 Å². The normalized spacial score (nSPS) is 11.6. The fraction of sp³-hybridized carbons (Fsp3) is 0.727. The predicted molar refractivity (Wildman–Crippen MR) is 72.2 cm³/mol. The molecular weight excluding hydrogens is 321 g/mol. The minimum atomic E-state index is -0.327. The zero-order valence-electron chi connectivity index (χ0n) is 10.4. The average Bonchev–Trinajstić information content (AvgIpc) is 2.23. The van der Waals surface area contributed by atoms with E-state index in [0.29, 0.717) is 12.2 Å². The van der Waals surface area contributed by atoms with Crippen LogP contribution in [0.4, 0.5) is 0 Å². The van der Waals surface area contributed by atoms with Gasteiger partial charge >= 0.3 is 5.97 Å². The number of carbonyl (C=O) groups is 1. The fourth-order valence-electron chi connectivity index (χ4n) is 0.918. The van der Waals surface area contributed by atoms with Crippen LogP contribution in [0.25, 0.3) is 0 Å². The Morgan fingerprint density at radius 3 is 2.50 bits per heavy atom. The summed E-state index contributed by atoms with van der Waals surface area (Å²) in [6.07, 6.45) is 0.777. The first-order valence-corrected chi connectivity index (χ1v) is 6.03. The SMILES string of the molecule is C=C(C)C(=O)OCCCN(C)C(C)(C)OI. The van der Waals surface area contributed by atoms with E-state index in [0.717, 1.165) is 13.0 Å². The van der Waals surface area contributed by atoms with Gasteiger partial charge in [-0.2, -0.15) is 0 Å². The zero-order valence-corrected chi connectivity index (χ0v) is 12.5. The molecule has 0 aliphatic rings. The van der Waals surface area contributed by atoms with Crippen LogP contribution in [0.1, 0.15) is 27.2 Å². The summed E-state index contributed by atoms with van der Waals surface area (Å²) in [5.74, 6) is -0.327. The van der Waals surface area contributed by atoms with Crippen LogP contribution in [0.2, 0.25) is 0 Å². The van der Waals surface area contributed by atoms with Crippen molar-refractivity contribution in [3.8, 4) is 0 Å². The quantitative estimate of drug-likeness (QED) is 0.235. The van der Waals surface area contributed by atoms with Crippen molar-refractivity contribution in [1.29, 1.82) is 0 Å². The van der Waals surface area contributed by atoms with Crippen molar-refractivity contribution in [3.05, 3.63) is 12.2 Å². The number of rotatable bonds is 7. The van der Waals surface area contributed by atoms with Gasteiger partial charge in [-0.05, 0) is 34.2 Å². The Morgan fingerprint density at radius 2 is 2.06 bits per heavy atom. The van der Waals surface area contributed by atoms with Crippen molar-refractivity contribution >= 4 is 29.0 Å². The van der Waals surface area contributed by atoms with Gasteiger partial charge in [0.05, 0.1) is 6.61 Å². The first-order valence-electron chi connectivity index (χ1n) is 5.15. The summed E-state index contributed by atoms with van der Waals surface area (Å²) in [7, 11) is 1.97. The van der Waals surface area contributed by atoms with Crippen LogP contribution in [-0.4, -0.2) is 36.8 Å². The summed E-state index contributed by atoms with van der Waals surface area (Å²) in [4.78, 5) is 13.1. The molecule has 0 saturated carbocycles. The highest BCUT2D eigenvalue weighted by atomic mass is 127. The lowest BCUT2D eigenvalue weighted by molar-refractivity contribution is -0.139. The average molecular weight is 341 g/mol. The summed E-state index contributed by atoms with van der Waals surface area (Å²) in [6.45, 7) is 10.3. The molecule has 0 saturated heterocycles. The lowest BCUT2D eigenvalue weighted by atomic mass is 10.2. The Balaban J connectivity index is 3.75. The van der Waals surface area contributed by atoms with Crippen molar-refractivity contribution in [1.82, 2.24) is 4.90 Å². The van der Waals surface area contributed by atoms with Gasteiger partial charge < -0.3 is 4.74 Å². The summed E-state index contributed by atoms with van der Waals surface area (Å²) < 4.78 is 10.3. The summed E-state index contributed by atoms with van der Waals surface area (Å²) in [5.41, 5.74) is 0.128. The van der Waals surface area contributed by atoms with E-state index in [1.807, 2.05) is 43.9 Å². The van der Waals surface area contributed by atoms with E-state index in [9.17, 15) is 4.79 Å². The first kappa shape index (κ1) is 15.9. The van der Waals surface area contributed by atoms with Crippen molar-refractivity contribution in [2.75, 3.05) is 20.2 Å². The lowest BCUT2D eigenvalue weighted by Gasteiger charge is -2.32. The molecule has 0 aromatic heterocycles. The van der Waals surface area contributed by atoms with Gasteiger partial charge in [0.2, 0.25) is 0 Å². The highest BCUT2D eigenvalue weighted by Gasteiger charge is 2.22. The van der Waals surface area contributed by atoms with Crippen molar-refractivity contribution in [2.45, 2.75) is 32.9 Å². The molecule has 94 valence electrons. The molecule has 5 heteroatoms. The maximum atomic E-state index is 11.1. The first-order chi connectivity index (χ1) is 7.31. The van der Waals surface area contributed by atoms with Crippen LogP contribution in [-0.2, 0) is 12.6 Å². The summed E-state index contributed by atoms with van der Waals surface area (Å²) in [5, 5.41) is 0. The second-order valence-corrected chi connectivity index (χ2v) is 4.66. The maximum absolute atomic E-state index is 11.1. The molecule has 0 aromatic rings. The number of ether oxygens (including phenoxy) is 1. The van der Waals surface area contributed by atoms with E-state index in [4.69, 9.17) is 7.80 Å². The van der Waals surface area contributed by atoms with Crippen LogP contribution < -0.4 is 0 Å². The predicted octanol–water partition coefficient (Wildman–Crippen LogP) is 2.53. The molecule has 4 nitrogen and oxygen atoms in total. The summed E-state index contributed by atoms with van der Waals surface area (Å²) >= 11 is 1.89. The number of hydrogen-bond donors (Lipinski definition) is 0. The molecule has 0 aliphatic carbocycles. The van der Waals surface area contributed by atoms with Gasteiger partial charge in [0.25, 0.3) is 0 Å². The molecule has 0 atom stereocenters. The van der Waals surface area contributed by atoms with Gasteiger partial charge in [-0.25, -0.2) is 4.79 Å². The van der Waals surface area contributed by atoms with Crippen LogP contribution in [0, 0.1) is 0 Å². The van der Waals surface area contributed by atoms with Crippen LogP contribution in [0.5, 0.6) is 0 Å². The Bertz CT molecular complexity index is 254. The molecule has 0 heterocycles. The molecule has 0 fully saturated rings. The molecule has 0 amide bonds. The van der Waals surface area contributed by atoms with Gasteiger partial charge in [-0.3, -0.25) is 7.97 Å². The molecule has 16 heavy (non-hydrogen) atoms. The topological polar surface area (TPSA) is 38.8 Å². The number of esters is 1. The Kier molecular flexibility index (Phi) is 7.17. The van der Waals surface area contributed by atoms with E-state index in [1.165, 1.54) is 0 Å². The Morgan fingerprint density at radius 1 is 1.50 bits per heavy atom. The molecular formula is C11H20INO3. The van der Waals surface area contributed by atoms with Gasteiger partial charge in [-0.15, -0.1) is 0 Å². The third-order valence-electron chi connectivity index (χ3n) is 2.33. The van der Waals surface area contributed by atoms with Crippen LogP contribution >= 0.6 is 23.0 Å². The minimum absolute atomic E-state index is 0.307. The number of halogens is 1. The molecule has 0 N–H and O–H groups in total.